The Morgan fingerprint density at radius 1 is 1.21 bits per heavy atom. The molecule has 0 radical (unpaired) electrons. The summed E-state index contributed by atoms with van der Waals surface area (Å²) in [6.07, 6.45) is 0. The van der Waals surface area contributed by atoms with Crippen molar-refractivity contribution in [2.45, 2.75) is 0 Å². The summed E-state index contributed by atoms with van der Waals surface area (Å²) >= 11 is 9.54. The number of thiazole rings is 1. The molecule has 0 spiro atoms. The molecule has 1 aromatic heterocycles. The molecule has 3 rings (SSSR count). The second-order valence-electron chi connectivity index (χ2n) is 3.88. The molecule has 0 saturated heterocycles. The molecule has 6 heteroatoms. The fourth-order valence-electron chi connectivity index (χ4n) is 1.66. The summed E-state index contributed by atoms with van der Waals surface area (Å²) in [6, 6.07) is 10.2. The Labute approximate surface area is 131 Å². The third-order valence-electron chi connectivity index (χ3n) is 2.52. The van der Waals surface area contributed by atoms with E-state index in [1.807, 2.05) is 18.2 Å². The molecule has 0 fully saturated rings. The highest BCUT2D eigenvalue weighted by molar-refractivity contribution is 14.1. The summed E-state index contributed by atoms with van der Waals surface area (Å²) in [7, 11) is 0. The smallest absolute Gasteiger partial charge is 0.188 e. The Balaban J connectivity index is 1.96. The maximum Gasteiger partial charge on any atom is 0.188 e. The van der Waals surface area contributed by atoms with Gasteiger partial charge in [0.1, 0.15) is 5.82 Å². The van der Waals surface area contributed by atoms with E-state index in [4.69, 9.17) is 11.6 Å². The largest absolute Gasteiger partial charge is 0.331 e. The van der Waals surface area contributed by atoms with Crippen LogP contribution in [0.2, 0.25) is 5.02 Å². The summed E-state index contributed by atoms with van der Waals surface area (Å²) in [5, 5.41) is 4.66. The number of fused-ring (bicyclic) bond motifs is 1. The minimum absolute atomic E-state index is 0.247. The highest BCUT2D eigenvalue weighted by atomic mass is 127. The molecule has 0 unspecified atom stereocenters. The van der Waals surface area contributed by atoms with Gasteiger partial charge in [-0.2, -0.15) is 0 Å². The van der Waals surface area contributed by atoms with Crippen LogP contribution in [0.4, 0.5) is 15.2 Å². The maximum atomic E-state index is 13.1. The number of aromatic nitrogens is 1. The summed E-state index contributed by atoms with van der Waals surface area (Å²) in [4.78, 5) is 4.42. The van der Waals surface area contributed by atoms with Crippen LogP contribution in [0.5, 0.6) is 0 Å². The average Bonchev–Trinajstić information content (AvgIpc) is 2.74. The van der Waals surface area contributed by atoms with Crippen molar-refractivity contribution in [1.29, 1.82) is 0 Å². The lowest BCUT2D eigenvalue weighted by Gasteiger charge is -2.05. The van der Waals surface area contributed by atoms with Crippen molar-refractivity contribution in [1.82, 2.24) is 4.98 Å². The number of hydrogen-bond donors (Lipinski definition) is 1. The molecule has 1 N–H and O–H groups in total. The SMILES string of the molecule is Fc1ccc2nc(Nc3ccc(Cl)cc3I)sc2c1. The molecule has 0 atom stereocenters. The van der Waals surface area contributed by atoms with Crippen LogP contribution in [0.3, 0.4) is 0 Å². The van der Waals surface area contributed by atoms with Crippen molar-refractivity contribution >= 4 is 66.6 Å². The molecule has 0 saturated carbocycles. The molecule has 2 aromatic carbocycles. The topological polar surface area (TPSA) is 24.9 Å². The van der Waals surface area contributed by atoms with Gasteiger partial charge in [0, 0.05) is 8.59 Å². The van der Waals surface area contributed by atoms with Gasteiger partial charge in [-0.15, -0.1) is 0 Å². The minimum atomic E-state index is -0.247. The van der Waals surface area contributed by atoms with E-state index in [1.165, 1.54) is 23.5 Å². The summed E-state index contributed by atoms with van der Waals surface area (Å²) < 4.78 is 15.0. The zero-order valence-corrected chi connectivity index (χ0v) is 13.2. The Kier molecular flexibility index (Phi) is 3.60. The molecule has 2 nitrogen and oxygen atoms in total. The fourth-order valence-corrected chi connectivity index (χ4v) is 3.57. The van der Waals surface area contributed by atoms with Gasteiger partial charge in [0.2, 0.25) is 0 Å². The predicted molar refractivity (Wildman–Crippen MR) is 87.0 cm³/mol. The van der Waals surface area contributed by atoms with E-state index in [0.29, 0.717) is 5.02 Å². The third kappa shape index (κ3) is 2.82. The number of benzene rings is 2. The van der Waals surface area contributed by atoms with Crippen LogP contribution in [0.15, 0.2) is 36.4 Å². The fraction of sp³-hybridized carbons (Fsp3) is 0. The number of halogens is 3. The normalized spacial score (nSPS) is 10.9. The van der Waals surface area contributed by atoms with Crippen molar-refractivity contribution in [3.05, 3.63) is 50.8 Å². The number of rotatable bonds is 2. The highest BCUT2D eigenvalue weighted by Gasteiger charge is 2.07. The first-order chi connectivity index (χ1) is 9.11. The lowest BCUT2D eigenvalue weighted by Crippen LogP contribution is -1.91. The lowest BCUT2D eigenvalue weighted by atomic mass is 10.3. The van der Waals surface area contributed by atoms with Crippen LogP contribution in [0, 0.1) is 9.39 Å². The zero-order valence-electron chi connectivity index (χ0n) is 9.45. The monoisotopic (exact) mass is 404 g/mol. The van der Waals surface area contributed by atoms with Gasteiger partial charge in [-0.25, -0.2) is 9.37 Å². The first-order valence-electron chi connectivity index (χ1n) is 5.40. The molecule has 0 amide bonds. The third-order valence-corrected chi connectivity index (χ3v) is 4.58. The first-order valence-corrected chi connectivity index (χ1v) is 7.67. The Bertz CT molecular complexity index is 759. The number of nitrogens with zero attached hydrogens (tertiary/aromatic N) is 1. The lowest BCUT2D eigenvalue weighted by molar-refractivity contribution is 0.630. The van der Waals surface area contributed by atoms with Gasteiger partial charge in [-0.3, -0.25) is 0 Å². The molecule has 19 heavy (non-hydrogen) atoms. The van der Waals surface area contributed by atoms with Gasteiger partial charge in [0.15, 0.2) is 5.13 Å². The van der Waals surface area contributed by atoms with Crippen molar-refractivity contribution in [3.63, 3.8) is 0 Å². The molecule has 0 aliphatic rings. The number of anilines is 2. The summed E-state index contributed by atoms with van der Waals surface area (Å²) in [6.45, 7) is 0. The molecule has 1 heterocycles. The molecular weight excluding hydrogens is 398 g/mol. The van der Waals surface area contributed by atoms with Crippen LogP contribution in [0.1, 0.15) is 0 Å². The van der Waals surface area contributed by atoms with E-state index < -0.39 is 0 Å². The summed E-state index contributed by atoms with van der Waals surface area (Å²) in [5.41, 5.74) is 1.72. The van der Waals surface area contributed by atoms with E-state index in [-0.39, 0.29) is 5.82 Å². The second kappa shape index (κ2) is 5.22. The van der Waals surface area contributed by atoms with Crippen LogP contribution in [-0.4, -0.2) is 4.98 Å². The van der Waals surface area contributed by atoms with Crippen LogP contribution in [-0.2, 0) is 0 Å². The van der Waals surface area contributed by atoms with Crippen molar-refractivity contribution < 1.29 is 4.39 Å². The summed E-state index contributed by atoms with van der Waals surface area (Å²) in [5.74, 6) is -0.247. The van der Waals surface area contributed by atoms with Crippen LogP contribution >= 0.6 is 45.5 Å². The molecule has 96 valence electrons. The Hall–Kier alpha value is -0.920. The van der Waals surface area contributed by atoms with Gasteiger partial charge < -0.3 is 5.32 Å². The molecule has 3 aromatic rings. The van der Waals surface area contributed by atoms with Gasteiger partial charge >= 0.3 is 0 Å². The molecule has 0 aliphatic carbocycles. The quantitative estimate of drug-likeness (QED) is 0.576. The Morgan fingerprint density at radius 2 is 2.05 bits per heavy atom. The average molecular weight is 405 g/mol. The highest BCUT2D eigenvalue weighted by Crippen LogP contribution is 2.31. The van der Waals surface area contributed by atoms with E-state index in [9.17, 15) is 4.39 Å². The molecule has 0 aliphatic heterocycles. The first kappa shape index (κ1) is 13.1. The number of hydrogen-bond acceptors (Lipinski definition) is 3. The standard InChI is InChI=1S/C13H7ClFIN2S/c14-7-1-3-10(9(16)5-7)17-13-18-11-4-2-8(15)6-12(11)19-13/h1-6H,(H,17,18). The van der Waals surface area contributed by atoms with Gasteiger partial charge in [0.05, 0.1) is 15.9 Å². The van der Waals surface area contributed by atoms with E-state index >= 15 is 0 Å². The molecular formula is C13H7ClFIN2S. The van der Waals surface area contributed by atoms with Crippen molar-refractivity contribution in [2.75, 3.05) is 5.32 Å². The van der Waals surface area contributed by atoms with Gasteiger partial charge in [0.25, 0.3) is 0 Å². The number of nitrogens with one attached hydrogen (secondary N) is 1. The molecule has 0 bridgehead atoms. The van der Waals surface area contributed by atoms with E-state index in [0.717, 1.165) is 24.6 Å². The maximum absolute atomic E-state index is 13.1. The minimum Gasteiger partial charge on any atom is -0.331 e. The Morgan fingerprint density at radius 3 is 2.84 bits per heavy atom. The van der Waals surface area contributed by atoms with E-state index in [1.54, 1.807) is 6.07 Å². The van der Waals surface area contributed by atoms with Crippen molar-refractivity contribution in [3.8, 4) is 0 Å². The second-order valence-corrected chi connectivity index (χ2v) is 6.51. The van der Waals surface area contributed by atoms with E-state index in [2.05, 4.69) is 32.9 Å². The zero-order chi connectivity index (χ0) is 13.4. The van der Waals surface area contributed by atoms with Crippen LogP contribution in [0.25, 0.3) is 10.2 Å². The van der Waals surface area contributed by atoms with Crippen LogP contribution < -0.4 is 5.32 Å². The van der Waals surface area contributed by atoms with Gasteiger partial charge in [-0.1, -0.05) is 22.9 Å². The van der Waals surface area contributed by atoms with Crippen molar-refractivity contribution in [2.24, 2.45) is 0 Å². The predicted octanol–water partition coefficient (Wildman–Crippen LogP) is 5.44. The van der Waals surface area contributed by atoms with Gasteiger partial charge in [-0.05, 0) is 59.0 Å².